The Morgan fingerprint density at radius 2 is 2.08 bits per heavy atom. The van der Waals surface area contributed by atoms with Crippen molar-refractivity contribution in [3.05, 3.63) is 40.1 Å². The van der Waals surface area contributed by atoms with E-state index >= 15 is 0 Å². The van der Waals surface area contributed by atoms with E-state index in [2.05, 4.69) is 48.4 Å². The van der Waals surface area contributed by atoms with Crippen molar-refractivity contribution in [3.63, 3.8) is 0 Å². The molecule has 0 spiro atoms. The topological polar surface area (TPSA) is 67.0 Å². The molecule has 1 aromatic heterocycles. The summed E-state index contributed by atoms with van der Waals surface area (Å²) in [5.74, 6) is 2.00. The Morgan fingerprint density at radius 3 is 2.75 bits per heavy atom. The molecule has 0 saturated heterocycles. The number of aromatic amines is 1. The van der Waals surface area contributed by atoms with Crippen molar-refractivity contribution < 1.29 is 9.53 Å². The Balaban J connectivity index is 2.14. The van der Waals surface area contributed by atoms with E-state index in [0.717, 1.165) is 22.6 Å². The number of H-pyrrole nitrogens is 1. The van der Waals surface area contributed by atoms with Crippen LogP contribution in [0, 0.1) is 13.8 Å². The van der Waals surface area contributed by atoms with Gasteiger partial charge in [0.05, 0.1) is 6.61 Å². The van der Waals surface area contributed by atoms with Crippen molar-refractivity contribution in [2.45, 2.75) is 52.9 Å². The maximum absolute atomic E-state index is 12.1. The van der Waals surface area contributed by atoms with E-state index in [0.29, 0.717) is 24.8 Å². The predicted octanol–water partition coefficient (Wildman–Crippen LogP) is 4.02. The summed E-state index contributed by atoms with van der Waals surface area (Å²) in [6, 6.07) is 4.32. The van der Waals surface area contributed by atoms with Gasteiger partial charge in [0.15, 0.2) is 5.82 Å². The third-order valence-corrected chi connectivity index (χ3v) is 4.69. The number of nitrogens with zero attached hydrogens (tertiary/aromatic N) is 1. The molecule has 128 valence electrons. The lowest BCUT2D eigenvalue weighted by Gasteiger charge is -2.26. The number of anilines is 1. The molecule has 1 amide bonds. The maximum atomic E-state index is 12.1. The van der Waals surface area contributed by atoms with Gasteiger partial charge in [-0.15, -0.1) is 0 Å². The lowest BCUT2D eigenvalue weighted by atomic mass is 9.82. The summed E-state index contributed by atoms with van der Waals surface area (Å²) in [4.78, 5) is 12.1. The van der Waals surface area contributed by atoms with E-state index < -0.39 is 0 Å². The molecule has 0 bridgehead atoms. The number of hydrogen-bond donors (Lipinski definition) is 2. The summed E-state index contributed by atoms with van der Waals surface area (Å²) in [7, 11) is 0. The van der Waals surface area contributed by atoms with E-state index in [1.165, 1.54) is 11.1 Å². The van der Waals surface area contributed by atoms with Crippen LogP contribution >= 0.6 is 0 Å². The van der Waals surface area contributed by atoms with Gasteiger partial charge in [-0.3, -0.25) is 9.89 Å². The average molecular weight is 327 g/mol. The fourth-order valence-corrected chi connectivity index (χ4v) is 3.52. The second kappa shape index (κ2) is 6.30. The monoisotopic (exact) mass is 327 g/mol. The molecule has 1 aliphatic rings. The third kappa shape index (κ3) is 2.79. The van der Waals surface area contributed by atoms with E-state index in [1.807, 2.05) is 13.8 Å². The highest BCUT2D eigenvalue weighted by atomic mass is 16.5. The first-order valence-electron chi connectivity index (χ1n) is 8.54. The smallest absolute Gasteiger partial charge is 0.226 e. The average Bonchev–Trinajstić information content (AvgIpc) is 2.88. The lowest BCUT2D eigenvalue weighted by molar-refractivity contribution is -0.116. The van der Waals surface area contributed by atoms with Crippen LogP contribution in [0.1, 0.15) is 67.0 Å². The van der Waals surface area contributed by atoms with Gasteiger partial charge in [0.1, 0.15) is 5.75 Å². The first kappa shape index (κ1) is 16.6. The van der Waals surface area contributed by atoms with Crippen LogP contribution < -0.4 is 10.1 Å². The Hall–Kier alpha value is -2.30. The van der Waals surface area contributed by atoms with Crippen molar-refractivity contribution in [2.24, 2.45) is 0 Å². The zero-order valence-electron chi connectivity index (χ0n) is 15.0. The highest BCUT2D eigenvalue weighted by Crippen LogP contribution is 2.41. The number of amides is 1. The summed E-state index contributed by atoms with van der Waals surface area (Å²) >= 11 is 0. The molecular weight excluding hydrogens is 302 g/mol. The van der Waals surface area contributed by atoms with Gasteiger partial charge >= 0.3 is 0 Å². The first-order valence-corrected chi connectivity index (χ1v) is 8.54. The number of carbonyl (C=O) groups excluding carboxylic acids is 1. The normalized spacial score (nSPS) is 16.9. The van der Waals surface area contributed by atoms with Crippen LogP contribution in [0.25, 0.3) is 0 Å². The highest BCUT2D eigenvalue weighted by molar-refractivity contribution is 5.94. The van der Waals surface area contributed by atoms with Crippen molar-refractivity contribution in [2.75, 3.05) is 11.9 Å². The second-order valence-corrected chi connectivity index (χ2v) is 6.75. The Bertz CT molecular complexity index is 777. The Labute approximate surface area is 142 Å². The minimum atomic E-state index is 0.0124. The van der Waals surface area contributed by atoms with Gasteiger partial charge in [0.2, 0.25) is 5.91 Å². The number of nitrogens with one attached hydrogen (secondary N) is 2. The van der Waals surface area contributed by atoms with Crippen molar-refractivity contribution in [3.8, 4) is 5.75 Å². The summed E-state index contributed by atoms with van der Waals surface area (Å²) in [6.45, 7) is 11.1. The van der Waals surface area contributed by atoms with E-state index in [9.17, 15) is 4.79 Å². The standard InChI is InChI=1S/C19H25N3O2/c1-6-24-16-7-11(4)14(8-13(16)10(2)3)15-9-17(23)20-19-18(15)12(5)21-22-19/h7-8,10,15H,6,9H2,1-5H3,(H2,20,21,22,23). The fourth-order valence-electron chi connectivity index (χ4n) is 3.52. The molecule has 2 heterocycles. The van der Waals surface area contributed by atoms with Crippen LogP contribution in [-0.2, 0) is 4.79 Å². The second-order valence-electron chi connectivity index (χ2n) is 6.75. The van der Waals surface area contributed by atoms with Gasteiger partial charge in [-0.2, -0.15) is 5.10 Å². The summed E-state index contributed by atoms with van der Waals surface area (Å²) in [6.07, 6.45) is 0.444. The molecule has 0 fully saturated rings. The van der Waals surface area contributed by atoms with Gasteiger partial charge in [-0.1, -0.05) is 19.9 Å². The van der Waals surface area contributed by atoms with Crippen LogP contribution in [0.3, 0.4) is 0 Å². The zero-order chi connectivity index (χ0) is 17.4. The quantitative estimate of drug-likeness (QED) is 0.891. The van der Waals surface area contributed by atoms with Gasteiger partial charge in [-0.05, 0) is 49.4 Å². The van der Waals surface area contributed by atoms with Crippen molar-refractivity contribution in [1.82, 2.24) is 10.2 Å². The maximum Gasteiger partial charge on any atom is 0.226 e. The van der Waals surface area contributed by atoms with Crippen LogP contribution in [0.4, 0.5) is 5.82 Å². The fraction of sp³-hybridized carbons (Fsp3) is 0.474. The van der Waals surface area contributed by atoms with E-state index in [-0.39, 0.29) is 11.8 Å². The molecule has 0 radical (unpaired) electrons. The molecule has 1 atom stereocenters. The molecule has 2 aromatic rings. The largest absolute Gasteiger partial charge is 0.494 e. The van der Waals surface area contributed by atoms with Crippen molar-refractivity contribution >= 4 is 11.7 Å². The molecule has 5 heteroatoms. The molecule has 0 saturated carbocycles. The zero-order valence-corrected chi connectivity index (χ0v) is 15.0. The van der Waals surface area contributed by atoms with Crippen LogP contribution in [0.15, 0.2) is 12.1 Å². The molecule has 5 nitrogen and oxygen atoms in total. The first-order chi connectivity index (χ1) is 11.4. The SMILES string of the molecule is CCOc1cc(C)c(C2CC(=O)Nc3n[nH]c(C)c32)cc1C(C)C. The molecule has 1 aromatic carbocycles. The third-order valence-electron chi connectivity index (χ3n) is 4.69. The van der Waals surface area contributed by atoms with Crippen LogP contribution in [-0.4, -0.2) is 22.7 Å². The number of ether oxygens (including phenoxy) is 1. The Kier molecular flexibility index (Phi) is 4.35. The number of aryl methyl sites for hydroxylation is 2. The molecule has 2 N–H and O–H groups in total. The van der Waals surface area contributed by atoms with E-state index in [4.69, 9.17) is 4.74 Å². The van der Waals surface area contributed by atoms with Crippen molar-refractivity contribution in [1.29, 1.82) is 0 Å². The lowest BCUT2D eigenvalue weighted by Crippen LogP contribution is -2.24. The van der Waals surface area contributed by atoms with Gasteiger partial charge in [0.25, 0.3) is 0 Å². The minimum Gasteiger partial charge on any atom is -0.494 e. The number of fused-ring (bicyclic) bond motifs is 1. The molecule has 3 rings (SSSR count). The van der Waals surface area contributed by atoms with Gasteiger partial charge < -0.3 is 10.1 Å². The number of benzene rings is 1. The number of aromatic nitrogens is 2. The van der Waals surface area contributed by atoms with Gasteiger partial charge in [-0.25, -0.2) is 0 Å². The molecule has 24 heavy (non-hydrogen) atoms. The number of hydrogen-bond acceptors (Lipinski definition) is 3. The predicted molar refractivity (Wildman–Crippen MR) is 94.9 cm³/mol. The summed E-state index contributed by atoms with van der Waals surface area (Å²) < 4.78 is 5.82. The summed E-state index contributed by atoms with van der Waals surface area (Å²) in [5, 5.41) is 10.1. The number of rotatable bonds is 4. The summed E-state index contributed by atoms with van der Waals surface area (Å²) in [5.41, 5.74) is 5.62. The molecule has 0 aliphatic carbocycles. The van der Waals surface area contributed by atoms with Crippen LogP contribution in [0.5, 0.6) is 5.75 Å². The van der Waals surface area contributed by atoms with E-state index in [1.54, 1.807) is 0 Å². The molecular formula is C19H25N3O2. The minimum absolute atomic E-state index is 0.0124. The molecule has 1 unspecified atom stereocenters. The Morgan fingerprint density at radius 1 is 1.33 bits per heavy atom. The van der Waals surface area contributed by atoms with Gasteiger partial charge in [0, 0.05) is 23.6 Å². The highest BCUT2D eigenvalue weighted by Gasteiger charge is 2.32. The van der Waals surface area contributed by atoms with Crippen LogP contribution in [0.2, 0.25) is 0 Å². The number of carbonyl (C=O) groups is 1. The molecule has 1 aliphatic heterocycles.